The lowest BCUT2D eigenvalue weighted by Gasteiger charge is -2.48. The van der Waals surface area contributed by atoms with Crippen molar-refractivity contribution in [3.63, 3.8) is 0 Å². The lowest BCUT2D eigenvalue weighted by molar-refractivity contribution is -0.0273. The van der Waals surface area contributed by atoms with E-state index < -0.39 is 0 Å². The van der Waals surface area contributed by atoms with Crippen LogP contribution in [0.25, 0.3) is 11.0 Å². The maximum absolute atomic E-state index is 12.6. The Hall–Kier alpha value is -1.01. The number of imidazole rings is 1. The van der Waals surface area contributed by atoms with Gasteiger partial charge in [0.15, 0.2) is 0 Å². The maximum atomic E-state index is 12.6. The van der Waals surface area contributed by atoms with Gasteiger partial charge in [0, 0.05) is 36.3 Å². The van der Waals surface area contributed by atoms with Crippen LogP contribution in [0.15, 0.2) is 16.9 Å². The van der Waals surface area contributed by atoms with Gasteiger partial charge in [-0.1, -0.05) is 11.6 Å². The zero-order chi connectivity index (χ0) is 19.9. The number of hydrogen-bond acceptors (Lipinski definition) is 3. The molecular formula is C22H33Cl2N3O2. The van der Waals surface area contributed by atoms with Crippen molar-refractivity contribution in [2.24, 2.45) is 0 Å². The number of aromatic amines is 1. The molecule has 5 nitrogen and oxygen atoms in total. The van der Waals surface area contributed by atoms with E-state index in [0.717, 1.165) is 62.0 Å². The zero-order valence-electron chi connectivity index (χ0n) is 17.7. The molecule has 0 bridgehead atoms. The van der Waals surface area contributed by atoms with Crippen LogP contribution in [0.3, 0.4) is 0 Å². The van der Waals surface area contributed by atoms with E-state index in [0.29, 0.717) is 11.1 Å². The minimum Gasteiger partial charge on any atom is -0.379 e. The molecule has 2 heterocycles. The molecule has 29 heavy (non-hydrogen) atoms. The van der Waals surface area contributed by atoms with E-state index in [2.05, 4.69) is 23.7 Å². The van der Waals surface area contributed by atoms with Crippen molar-refractivity contribution >= 4 is 35.0 Å². The van der Waals surface area contributed by atoms with E-state index >= 15 is 0 Å². The molecule has 2 fully saturated rings. The summed E-state index contributed by atoms with van der Waals surface area (Å²) in [6.07, 6.45) is 7.19. The van der Waals surface area contributed by atoms with Gasteiger partial charge in [0.25, 0.3) is 0 Å². The van der Waals surface area contributed by atoms with Gasteiger partial charge in [-0.3, -0.25) is 9.47 Å². The number of piperidine rings is 1. The summed E-state index contributed by atoms with van der Waals surface area (Å²) >= 11 is 6.24. The number of aryl methyl sites for hydroxylation is 1. The second-order valence-electron chi connectivity index (χ2n) is 8.79. The summed E-state index contributed by atoms with van der Waals surface area (Å²) in [5, 5.41) is 0.700. The normalized spacial score (nSPS) is 26.6. The first-order valence-electron chi connectivity index (χ1n) is 10.7. The van der Waals surface area contributed by atoms with Gasteiger partial charge in [0.05, 0.1) is 17.1 Å². The van der Waals surface area contributed by atoms with Crippen LogP contribution in [-0.2, 0) is 4.74 Å². The van der Waals surface area contributed by atoms with Gasteiger partial charge in [0.2, 0.25) is 0 Å². The molecule has 0 radical (unpaired) electrons. The van der Waals surface area contributed by atoms with Gasteiger partial charge in [-0.25, -0.2) is 4.79 Å². The van der Waals surface area contributed by atoms with Crippen molar-refractivity contribution in [3.05, 3.63) is 33.2 Å². The average molecular weight is 442 g/mol. The summed E-state index contributed by atoms with van der Waals surface area (Å²) < 4.78 is 7.79. The summed E-state index contributed by atoms with van der Waals surface area (Å²) in [6.45, 7) is 9.40. The lowest BCUT2D eigenvalue weighted by Crippen LogP contribution is -2.53. The number of likely N-dealkylation sites (tertiary alicyclic amines) is 1. The first-order chi connectivity index (χ1) is 13.4. The molecular weight excluding hydrogens is 409 g/mol. The number of H-pyrrole nitrogens is 1. The number of ether oxygens (including phenoxy) is 1. The fraction of sp³-hybridized carbons (Fsp3) is 0.682. The Bertz CT molecular complexity index is 891. The van der Waals surface area contributed by atoms with Gasteiger partial charge in [0.1, 0.15) is 0 Å². The molecule has 0 unspecified atom stereocenters. The molecule has 0 spiro atoms. The van der Waals surface area contributed by atoms with Crippen LogP contribution >= 0.6 is 24.0 Å². The van der Waals surface area contributed by atoms with E-state index in [1.54, 1.807) is 0 Å². The van der Waals surface area contributed by atoms with E-state index in [4.69, 9.17) is 16.3 Å². The number of nitrogens with one attached hydrogen (secondary N) is 1. The Balaban J connectivity index is 0.00000240. The van der Waals surface area contributed by atoms with Gasteiger partial charge in [-0.15, -0.1) is 12.4 Å². The Morgan fingerprint density at radius 2 is 1.86 bits per heavy atom. The van der Waals surface area contributed by atoms with E-state index in [1.807, 2.05) is 23.6 Å². The fourth-order valence-electron chi connectivity index (χ4n) is 5.21. The summed E-state index contributed by atoms with van der Waals surface area (Å²) in [4.78, 5) is 18.3. The van der Waals surface area contributed by atoms with Crippen LogP contribution in [0.1, 0.15) is 64.0 Å². The van der Waals surface area contributed by atoms with Crippen LogP contribution in [0.5, 0.6) is 0 Å². The van der Waals surface area contributed by atoms with Crippen molar-refractivity contribution in [1.29, 1.82) is 0 Å². The van der Waals surface area contributed by atoms with Gasteiger partial charge >= 0.3 is 5.69 Å². The molecule has 1 aromatic carbocycles. The Labute approximate surface area is 184 Å². The number of nitrogens with zero attached hydrogens (tertiary/aromatic N) is 2. The average Bonchev–Trinajstić information content (AvgIpc) is 2.99. The van der Waals surface area contributed by atoms with Crippen LogP contribution in [-0.4, -0.2) is 45.8 Å². The molecule has 4 rings (SSSR count). The SMILES string of the molecule is CCOC1CCC(C)(N2CCC(n3c(=O)[nH]c4cc(Cl)c(C)cc43)CC2)CC1.Cl. The summed E-state index contributed by atoms with van der Waals surface area (Å²) in [7, 11) is 0. The monoisotopic (exact) mass is 441 g/mol. The molecule has 1 N–H and O–H groups in total. The topological polar surface area (TPSA) is 50.3 Å². The Kier molecular flexibility index (Phi) is 7.04. The van der Waals surface area contributed by atoms with Crippen LogP contribution in [0.2, 0.25) is 5.02 Å². The molecule has 1 aromatic heterocycles. The highest BCUT2D eigenvalue weighted by Crippen LogP contribution is 2.38. The molecule has 2 aliphatic rings. The Morgan fingerprint density at radius 1 is 1.21 bits per heavy atom. The van der Waals surface area contributed by atoms with Crippen molar-refractivity contribution in [3.8, 4) is 0 Å². The molecule has 1 saturated carbocycles. The van der Waals surface area contributed by atoms with E-state index in [-0.39, 0.29) is 29.7 Å². The first kappa shape index (κ1) is 22.7. The van der Waals surface area contributed by atoms with Crippen LogP contribution in [0, 0.1) is 6.92 Å². The predicted octanol–water partition coefficient (Wildman–Crippen LogP) is 5.09. The molecule has 7 heteroatoms. The summed E-state index contributed by atoms with van der Waals surface area (Å²) in [5.74, 6) is 0. The molecule has 0 atom stereocenters. The number of fused-ring (bicyclic) bond motifs is 1. The molecule has 2 aromatic rings. The highest BCUT2D eigenvalue weighted by molar-refractivity contribution is 6.32. The standard InChI is InChI=1S/C22H32ClN3O2.ClH/c1-4-28-17-5-9-22(3,10-6-17)25-11-7-16(8-12-25)26-20-13-15(2)18(23)14-19(20)24-21(26)27;/h13-14,16-17H,4-12H2,1-3H3,(H,24,27);1H. The minimum absolute atomic E-state index is 0. The molecule has 0 amide bonds. The van der Waals surface area contributed by atoms with Crippen LogP contribution in [0.4, 0.5) is 0 Å². The van der Waals surface area contributed by atoms with Crippen molar-refractivity contribution in [2.45, 2.75) is 77.0 Å². The van der Waals surface area contributed by atoms with Gasteiger partial charge in [-0.05, 0) is 77.0 Å². The minimum atomic E-state index is -0.0152. The summed E-state index contributed by atoms with van der Waals surface area (Å²) in [5.41, 5.74) is 3.09. The fourth-order valence-corrected chi connectivity index (χ4v) is 5.37. The van der Waals surface area contributed by atoms with Crippen molar-refractivity contribution in [2.75, 3.05) is 19.7 Å². The number of rotatable bonds is 4. The van der Waals surface area contributed by atoms with E-state index in [9.17, 15) is 4.79 Å². The third-order valence-electron chi connectivity index (χ3n) is 7.00. The van der Waals surface area contributed by atoms with Crippen molar-refractivity contribution in [1.82, 2.24) is 14.5 Å². The van der Waals surface area contributed by atoms with Gasteiger partial charge in [-0.2, -0.15) is 0 Å². The number of hydrogen-bond donors (Lipinski definition) is 1. The third kappa shape index (κ3) is 4.39. The molecule has 1 saturated heterocycles. The molecule has 162 valence electrons. The van der Waals surface area contributed by atoms with Gasteiger partial charge < -0.3 is 9.72 Å². The predicted molar refractivity (Wildman–Crippen MR) is 122 cm³/mol. The zero-order valence-corrected chi connectivity index (χ0v) is 19.2. The Morgan fingerprint density at radius 3 is 2.48 bits per heavy atom. The maximum Gasteiger partial charge on any atom is 0.326 e. The largest absolute Gasteiger partial charge is 0.379 e. The molecule has 1 aliphatic heterocycles. The van der Waals surface area contributed by atoms with Crippen molar-refractivity contribution < 1.29 is 4.74 Å². The third-order valence-corrected chi connectivity index (χ3v) is 7.41. The second-order valence-corrected chi connectivity index (χ2v) is 9.20. The highest BCUT2D eigenvalue weighted by atomic mass is 35.5. The number of aromatic nitrogens is 2. The van der Waals surface area contributed by atoms with E-state index in [1.165, 1.54) is 12.8 Å². The van der Waals surface area contributed by atoms with Crippen LogP contribution < -0.4 is 5.69 Å². The quantitative estimate of drug-likeness (QED) is 0.718. The summed E-state index contributed by atoms with van der Waals surface area (Å²) in [6, 6.07) is 4.16. The number of halogens is 2. The number of benzene rings is 1. The highest BCUT2D eigenvalue weighted by Gasteiger charge is 2.38. The first-order valence-corrected chi connectivity index (χ1v) is 11.1. The smallest absolute Gasteiger partial charge is 0.326 e. The molecule has 1 aliphatic carbocycles. The lowest BCUT2D eigenvalue weighted by atomic mass is 9.79. The second kappa shape index (κ2) is 9.01.